The standard InChI is InChI=1S/C59H50F6N4O4S2/c1-35-49(33-45(72-35)23-21-43-31-51(66(5)6)41(29-53(43)68(9)10)19-13-39-15-25-47(26-16-39)74-37(3)70)55-56(58(62,63)59(64,65)57(55,60)61)50-34-46(73-36(50)2)24-22-44-32-52(67(7)8)42(30-54(44)69(11)12)20-14-40-17-27-48(28-18-40)75-38(4)71/h15-18,25-34H,1-12H3. The number of carbonyl (C=O) groups excluding carboxylic acids is 2. The molecule has 0 saturated carbocycles. The van der Waals surface area contributed by atoms with Crippen molar-refractivity contribution < 1.29 is 44.8 Å². The first-order valence-corrected chi connectivity index (χ1v) is 24.6. The lowest BCUT2D eigenvalue weighted by Gasteiger charge is -2.25. The van der Waals surface area contributed by atoms with Crippen molar-refractivity contribution in [1.82, 2.24) is 0 Å². The highest BCUT2D eigenvalue weighted by Gasteiger charge is 2.80. The van der Waals surface area contributed by atoms with Gasteiger partial charge in [-0.2, -0.15) is 26.3 Å². The van der Waals surface area contributed by atoms with E-state index in [4.69, 9.17) is 8.83 Å². The highest BCUT2D eigenvalue weighted by atomic mass is 32.2. The lowest BCUT2D eigenvalue weighted by molar-refractivity contribution is -0.254. The highest BCUT2D eigenvalue weighted by Crippen LogP contribution is 2.65. The van der Waals surface area contributed by atoms with Crippen LogP contribution in [0.15, 0.2) is 104 Å². The van der Waals surface area contributed by atoms with Crippen molar-refractivity contribution in [2.45, 2.75) is 55.3 Å². The topological polar surface area (TPSA) is 73.4 Å². The summed E-state index contributed by atoms with van der Waals surface area (Å²) < 4.78 is 107. The average Bonchev–Trinajstić information content (AvgIpc) is 3.93. The molecule has 16 heteroatoms. The number of thioether (sulfide) groups is 2. The summed E-state index contributed by atoms with van der Waals surface area (Å²) in [4.78, 5) is 31.9. The number of rotatable bonds is 8. The number of carbonyl (C=O) groups is 2. The number of anilines is 4. The molecule has 0 amide bonds. The van der Waals surface area contributed by atoms with Gasteiger partial charge in [-0.3, -0.25) is 9.59 Å². The third kappa shape index (κ3) is 11.5. The van der Waals surface area contributed by atoms with Crippen molar-refractivity contribution >= 4 is 67.7 Å². The predicted molar refractivity (Wildman–Crippen MR) is 289 cm³/mol. The van der Waals surface area contributed by atoms with Gasteiger partial charge in [0.05, 0.1) is 45.0 Å². The van der Waals surface area contributed by atoms with Gasteiger partial charge in [-0.15, -0.1) is 0 Å². The van der Waals surface area contributed by atoms with E-state index in [9.17, 15) is 9.59 Å². The maximum atomic E-state index is 16.2. The molecular formula is C59H50F6N4O4S2. The summed E-state index contributed by atoms with van der Waals surface area (Å²) in [5, 5.41) is -0.0670. The molecule has 0 N–H and O–H groups in total. The van der Waals surface area contributed by atoms with Gasteiger partial charge in [-0.25, -0.2) is 0 Å². The molecule has 7 rings (SSSR count). The fourth-order valence-corrected chi connectivity index (χ4v) is 9.34. The monoisotopic (exact) mass is 1060 g/mol. The van der Waals surface area contributed by atoms with Crippen molar-refractivity contribution in [2.75, 3.05) is 76.0 Å². The molecule has 0 aliphatic heterocycles. The number of hydrogen-bond donors (Lipinski definition) is 0. The summed E-state index contributed by atoms with van der Waals surface area (Å²) >= 11 is 2.24. The quantitative estimate of drug-likeness (QED) is 0.0836. The van der Waals surface area contributed by atoms with Crippen LogP contribution in [0, 0.1) is 61.2 Å². The van der Waals surface area contributed by atoms with Crippen molar-refractivity contribution in [1.29, 1.82) is 0 Å². The van der Waals surface area contributed by atoms with Gasteiger partial charge in [0.1, 0.15) is 11.5 Å². The largest absolute Gasteiger partial charge is 0.452 e. The number of benzene rings is 4. The SMILES string of the molecule is CC(=O)Sc1ccc(C#Cc2cc(N(C)C)c(C#Cc3cc(C4=C(c5cc(C#Cc6cc(N(C)C)c(C#Cc7ccc(SC(C)=O)cc7)cc6N(C)C)oc5C)C(F)(F)C(F)(F)C4(F)F)c(C)o3)cc2N(C)C)cc1. The number of aryl methyl sites for hydroxylation is 2. The zero-order valence-electron chi connectivity index (χ0n) is 43.1. The Morgan fingerprint density at radius 2 is 0.720 bits per heavy atom. The molecule has 0 unspecified atom stereocenters. The second kappa shape index (κ2) is 21.6. The van der Waals surface area contributed by atoms with E-state index in [1.165, 1.54) is 27.7 Å². The Kier molecular flexibility index (Phi) is 15.8. The molecule has 0 bridgehead atoms. The van der Waals surface area contributed by atoms with E-state index in [0.29, 0.717) is 45.0 Å². The van der Waals surface area contributed by atoms with E-state index < -0.39 is 40.0 Å². The van der Waals surface area contributed by atoms with Gasteiger partial charge in [0.25, 0.3) is 0 Å². The second-order valence-corrected chi connectivity index (χ2v) is 20.7. The fourth-order valence-electron chi connectivity index (χ4n) is 8.13. The molecule has 2 aromatic heterocycles. The first kappa shape index (κ1) is 55.0. The predicted octanol–water partition coefficient (Wildman–Crippen LogP) is 12.5. The number of halogens is 6. The van der Waals surface area contributed by atoms with Gasteiger partial charge in [0.15, 0.2) is 21.8 Å². The van der Waals surface area contributed by atoms with Gasteiger partial charge in [-0.1, -0.05) is 59.0 Å². The number of allylic oxidation sites excluding steroid dienone is 2. The van der Waals surface area contributed by atoms with Crippen LogP contribution in [0.3, 0.4) is 0 Å². The number of nitrogens with zero attached hydrogens (tertiary/aromatic N) is 4. The third-order valence-electron chi connectivity index (χ3n) is 11.8. The number of furan rings is 2. The van der Waals surface area contributed by atoms with Gasteiger partial charge >= 0.3 is 17.8 Å². The lowest BCUT2D eigenvalue weighted by Crippen LogP contribution is -2.48. The Labute approximate surface area is 441 Å². The Bertz CT molecular complexity index is 3310. The molecule has 8 nitrogen and oxygen atoms in total. The summed E-state index contributed by atoms with van der Waals surface area (Å²) in [7, 11) is 14.4. The summed E-state index contributed by atoms with van der Waals surface area (Å²) in [5.41, 5.74) is 1.69. The van der Waals surface area contributed by atoms with Crippen LogP contribution < -0.4 is 19.6 Å². The molecule has 6 aromatic rings. The molecule has 1 aliphatic carbocycles. The third-order valence-corrected chi connectivity index (χ3v) is 13.3. The van der Waals surface area contributed by atoms with Crippen LogP contribution in [-0.4, -0.2) is 84.4 Å². The number of alkyl halides is 6. The molecule has 0 saturated heterocycles. The zero-order valence-corrected chi connectivity index (χ0v) is 44.7. The Hall–Kier alpha value is -7.76. The minimum atomic E-state index is -5.85. The second-order valence-electron chi connectivity index (χ2n) is 18.2. The van der Waals surface area contributed by atoms with Crippen molar-refractivity contribution in [3.8, 4) is 47.4 Å². The van der Waals surface area contributed by atoms with Crippen LogP contribution >= 0.6 is 23.5 Å². The van der Waals surface area contributed by atoms with Crippen molar-refractivity contribution in [3.05, 3.63) is 152 Å². The van der Waals surface area contributed by atoms with Crippen LogP contribution in [0.4, 0.5) is 49.1 Å². The molecule has 4 aromatic carbocycles. The molecule has 1 aliphatic rings. The zero-order chi connectivity index (χ0) is 54.9. The maximum Gasteiger partial charge on any atom is 0.380 e. The maximum absolute atomic E-state index is 16.2. The summed E-state index contributed by atoms with van der Waals surface area (Å²) in [6.07, 6.45) is 0. The Balaban J connectivity index is 1.26. The van der Waals surface area contributed by atoms with Gasteiger partial charge in [0, 0.05) is 126 Å². The number of hydrogen-bond acceptors (Lipinski definition) is 10. The molecule has 0 fully saturated rings. The van der Waals surface area contributed by atoms with Crippen LogP contribution in [0.25, 0.3) is 11.1 Å². The summed E-state index contributed by atoms with van der Waals surface area (Å²) in [5.74, 6) is 6.53. The first-order valence-electron chi connectivity index (χ1n) is 23.0. The molecule has 384 valence electrons. The molecular weight excluding hydrogens is 1010 g/mol. The van der Waals surface area contributed by atoms with Crippen LogP contribution in [0.2, 0.25) is 0 Å². The van der Waals surface area contributed by atoms with E-state index in [1.54, 1.807) is 50.1 Å². The summed E-state index contributed by atoms with van der Waals surface area (Å²) in [6, 6.07) is 23.6. The van der Waals surface area contributed by atoms with E-state index in [0.717, 1.165) is 56.6 Å². The molecule has 2 heterocycles. The van der Waals surface area contributed by atoms with E-state index >= 15 is 26.3 Å². The van der Waals surface area contributed by atoms with Crippen LogP contribution in [0.1, 0.15) is 81.4 Å². The van der Waals surface area contributed by atoms with Gasteiger partial charge < -0.3 is 28.4 Å². The van der Waals surface area contributed by atoms with E-state index in [2.05, 4.69) is 47.4 Å². The summed E-state index contributed by atoms with van der Waals surface area (Å²) in [6.45, 7) is 5.40. The lowest BCUT2D eigenvalue weighted by atomic mass is 9.95. The minimum Gasteiger partial charge on any atom is -0.452 e. The van der Waals surface area contributed by atoms with E-state index in [-0.39, 0.29) is 33.3 Å². The van der Waals surface area contributed by atoms with Gasteiger partial charge in [-0.05, 0) is 98.5 Å². The molecule has 0 atom stereocenters. The molecule has 0 spiro atoms. The molecule has 75 heavy (non-hydrogen) atoms. The van der Waals surface area contributed by atoms with Crippen molar-refractivity contribution in [2.24, 2.45) is 0 Å². The highest BCUT2D eigenvalue weighted by molar-refractivity contribution is 8.13. The van der Waals surface area contributed by atoms with E-state index in [1.807, 2.05) is 98.7 Å². The smallest absolute Gasteiger partial charge is 0.380 e. The Morgan fingerprint density at radius 3 is 0.987 bits per heavy atom. The first-order chi connectivity index (χ1) is 35.2. The van der Waals surface area contributed by atoms with Crippen LogP contribution in [-0.2, 0) is 9.59 Å². The Morgan fingerprint density at radius 1 is 0.440 bits per heavy atom. The van der Waals surface area contributed by atoms with Gasteiger partial charge in [0.2, 0.25) is 0 Å². The average molecular weight is 1060 g/mol. The van der Waals surface area contributed by atoms with Crippen molar-refractivity contribution in [3.63, 3.8) is 0 Å². The normalized spacial score (nSPS) is 13.8. The van der Waals surface area contributed by atoms with Crippen LogP contribution in [0.5, 0.6) is 0 Å². The fraction of sp³-hybridized carbons (Fsp3) is 0.254. The molecule has 0 radical (unpaired) electrons. The minimum absolute atomic E-state index is 0.0335.